The molecule has 0 spiro atoms. The van der Waals surface area contributed by atoms with E-state index in [1.54, 1.807) is 5.10 Å². The molecule has 1 saturated carbocycles. The van der Waals surface area contributed by atoms with Crippen molar-refractivity contribution < 1.29 is 41.8 Å². The second-order valence-electron chi connectivity index (χ2n) is 13.4. The number of nitrogens with two attached hydrogens (primary N) is 1. The lowest BCUT2D eigenvalue weighted by atomic mass is 9.81. The van der Waals surface area contributed by atoms with Crippen molar-refractivity contribution in [3.63, 3.8) is 0 Å². The summed E-state index contributed by atoms with van der Waals surface area (Å²) in [5, 5.41) is 19.5. The van der Waals surface area contributed by atoms with Crippen molar-refractivity contribution in [2.45, 2.75) is 50.0 Å². The molecule has 6 rings (SSSR count). The number of aliphatic carboxylic acids is 1. The topological polar surface area (TPSA) is 188 Å². The van der Waals surface area contributed by atoms with Crippen LogP contribution < -0.4 is 21.3 Å². The lowest BCUT2D eigenvalue weighted by molar-refractivity contribution is -0.231. The lowest BCUT2D eigenvalue weighted by Crippen LogP contribution is -2.48. The Hall–Kier alpha value is -5.42. The molecule has 2 aromatic carbocycles. The molecule has 286 valence electrons. The molecule has 1 aliphatic heterocycles. The highest BCUT2D eigenvalue weighted by Gasteiger charge is 2.65. The number of carboxylic acid groups (broad SMARTS) is 1. The number of halogens is 4. The molecule has 2 fully saturated rings. The van der Waals surface area contributed by atoms with E-state index in [0.717, 1.165) is 48.4 Å². The molecule has 0 unspecified atom stereocenters. The van der Waals surface area contributed by atoms with E-state index < -0.39 is 41.4 Å². The zero-order valence-electron chi connectivity index (χ0n) is 29.1. The second kappa shape index (κ2) is 16.3. The van der Waals surface area contributed by atoms with Gasteiger partial charge in [0.25, 0.3) is 0 Å². The summed E-state index contributed by atoms with van der Waals surface area (Å²) in [7, 11) is 0. The number of hydrogen-bond acceptors (Lipinski definition) is 9. The Morgan fingerprint density at radius 3 is 2.19 bits per heavy atom. The number of amides is 2. The molecule has 1 aliphatic carbocycles. The van der Waals surface area contributed by atoms with E-state index in [9.17, 15) is 31.9 Å². The van der Waals surface area contributed by atoms with Gasteiger partial charge in [-0.3, -0.25) is 14.7 Å². The Morgan fingerprint density at radius 2 is 1.57 bits per heavy atom. The van der Waals surface area contributed by atoms with Gasteiger partial charge in [-0.05, 0) is 85.7 Å². The van der Waals surface area contributed by atoms with Crippen LogP contribution >= 0.6 is 0 Å². The summed E-state index contributed by atoms with van der Waals surface area (Å²) in [6, 6.07) is 16.2. The number of nitrogens with zero attached hydrogens (tertiary/aromatic N) is 4. The molecule has 3 heterocycles. The number of carboxylic acids is 1. The van der Waals surface area contributed by atoms with E-state index in [0.29, 0.717) is 38.5 Å². The molecule has 0 radical (unpaired) electrons. The first-order valence-corrected chi connectivity index (χ1v) is 17.6. The van der Waals surface area contributed by atoms with Crippen molar-refractivity contribution in [2.75, 3.05) is 43.1 Å². The third kappa shape index (κ3) is 8.52. The fourth-order valence-electron chi connectivity index (χ4n) is 6.51. The Morgan fingerprint density at radius 1 is 0.926 bits per heavy atom. The van der Waals surface area contributed by atoms with Crippen molar-refractivity contribution in [3.8, 4) is 22.5 Å². The highest BCUT2D eigenvalue weighted by atomic mass is 19.3. The van der Waals surface area contributed by atoms with Crippen molar-refractivity contribution in [3.05, 3.63) is 78.2 Å². The number of rotatable bonds is 13. The van der Waals surface area contributed by atoms with Crippen LogP contribution in [0.2, 0.25) is 0 Å². The molecule has 13 nitrogen and oxygen atoms in total. The van der Waals surface area contributed by atoms with Gasteiger partial charge < -0.3 is 31.1 Å². The number of hydrogen-bond donors (Lipinski definition) is 5. The van der Waals surface area contributed by atoms with Gasteiger partial charge >= 0.3 is 17.8 Å². The molecule has 1 saturated heterocycles. The maximum Gasteiger partial charge on any atom is 0.411 e. The minimum Gasteiger partial charge on any atom is -0.477 e. The Bertz CT molecular complexity index is 1910. The van der Waals surface area contributed by atoms with Crippen molar-refractivity contribution in [2.24, 2.45) is 17.6 Å². The van der Waals surface area contributed by atoms with E-state index in [4.69, 9.17) is 15.6 Å². The van der Waals surface area contributed by atoms with E-state index in [2.05, 4.69) is 30.6 Å². The van der Waals surface area contributed by atoms with E-state index in [1.165, 1.54) is 24.3 Å². The molecule has 17 heteroatoms. The Balaban J connectivity index is 1.14. The average Bonchev–Trinajstić information content (AvgIpc) is 3.70. The zero-order chi connectivity index (χ0) is 38.5. The summed E-state index contributed by atoms with van der Waals surface area (Å²) in [5.41, 5.74) is 8.88. The second-order valence-corrected chi connectivity index (χ2v) is 13.4. The van der Waals surface area contributed by atoms with Crippen LogP contribution in [0.25, 0.3) is 22.5 Å². The molecule has 6 N–H and O–H groups in total. The van der Waals surface area contributed by atoms with Gasteiger partial charge in [0.1, 0.15) is 11.9 Å². The maximum absolute atomic E-state index is 14.2. The zero-order valence-corrected chi connectivity index (χ0v) is 29.1. The Kier molecular flexibility index (Phi) is 11.6. The predicted octanol–water partition coefficient (Wildman–Crippen LogP) is 4.61. The van der Waals surface area contributed by atoms with Crippen LogP contribution in [0.3, 0.4) is 0 Å². The quantitative estimate of drug-likeness (QED) is 0.121. The summed E-state index contributed by atoms with van der Waals surface area (Å²) >= 11 is 0. The number of H-pyrrole nitrogens is 1. The van der Waals surface area contributed by atoms with Crippen LogP contribution in [0.15, 0.2) is 66.9 Å². The van der Waals surface area contributed by atoms with Crippen LogP contribution in [-0.4, -0.2) is 87.9 Å². The van der Waals surface area contributed by atoms with Crippen molar-refractivity contribution >= 4 is 29.3 Å². The van der Waals surface area contributed by atoms with Gasteiger partial charge in [0.2, 0.25) is 17.6 Å². The van der Waals surface area contributed by atoms with E-state index >= 15 is 0 Å². The number of ether oxygens (including phenoxy) is 1. The summed E-state index contributed by atoms with van der Waals surface area (Å²) in [5.74, 6) is -15.4. The summed E-state index contributed by atoms with van der Waals surface area (Å²) in [6.07, 6.45) is 4.98. The Labute approximate surface area is 307 Å². The van der Waals surface area contributed by atoms with Crippen LogP contribution in [0.1, 0.15) is 37.1 Å². The number of aromatic amines is 1. The number of morpholine rings is 1. The first-order valence-electron chi connectivity index (χ1n) is 17.6. The van der Waals surface area contributed by atoms with Gasteiger partial charge in [-0.25, -0.2) is 14.8 Å². The number of anilines is 2. The molecule has 2 aromatic heterocycles. The van der Waals surface area contributed by atoms with E-state index in [-0.39, 0.29) is 29.5 Å². The lowest BCUT2D eigenvalue weighted by Gasteiger charge is -2.28. The van der Waals surface area contributed by atoms with Gasteiger partial charge in [0.15, 0.2) is 5.82 Å². The maximum atomic E-state index is 14.2. The molecule has 54 heavy (non-hydrogen) atoms. The molecule has 1 atom stereocenters. The number of aromatic nitrogens is 4. The molecular weight excluding hydrogens is 712 g/mol. The van der Waals surface area contributed by atoms with Crippen molar-refractivity contribution in [1.82, 2.24) is 25.5 Å². The fraction of sp³-hybridized carbons (Fsp3) is 0.405. The third-order valence-electron chi connectivity index (χ3n) is 9.85. The molecule has 0 bridgehead atoms. The molecule has 2 amide bonds. The fourth-order valence-corrected chi connectivity index (χ4v) is 6.51. The number of nitrogens with one attached hydrogen (secondary N) is 3. The number of pyridine rings is 1. The largest absolute Gasteiger partial charge is 0.477 e. The first kappa shape index (κ1) is 38.3. The highest BCUT2D eigenvalue weighted by Crippen LogP contribution is 2.42. The number of carbonyl (C=O) groups is 3. The number of alkyl halides is 4. The average molecular weight is 753 g/mol. The van der Waals surface area contributed by atoms with Gasteiger partial charge in [-0.15, -0.1) is 0 Å². The standard InChI is InChI=1S/C37H40F4N8O5/c38-36(39,37(40,41)35(52)53)34-46-31(47-48-34)25-9-12-28(13-10-25)44-33(51)29(45-32(50)26-7-3-23(20-42)4-8-26)19-22-1-5-24(6-2-22)27-11-14-30(43-21-27)49-15-17-54-18-16-49/h1-2,5-6,9-14,21,23,26,29H,3-4,7-8,15-20,42H2,(H,44,51)(H,45,50)(H,52,53)(H,46,47,48)/t23?,26?,29-/m0/s1. The van der Waals surface area contributed by atoms with Crippen LogP contribution in [0.5, 0.6) is 0 Å². The monoisotopic (exact) mass is 752 g/mol. The summed E-state index contributed by atoms with van der Waals surface area (Å²) in [4.78, 5) is 48.0. The summed E-state index contributed by atoms with van der Waals surface area (Å²) < 4.78 is 61.2. The van der Waals surface area contributed by atoms with Gasteiger partial charge in [0.05, 0.1) is 13.2 Å². The van der Waals surface area contributed by atoms with Crippen LogP contribution in [-0.2, 0) is 31.5 Å². The van der Waals surface area contributed by atoms with Crippen LogP contribution in [0, 0.1) is 11.8 Å². The minimum atomic E-state index is -5.43. The van der Waals surface area contributed by atoms with Crippen molar-refractivity contribution in [1.29, 1.82) is 0 Å². The predicted molar refractivity (Wildman–Crippen MR) is 190 cm³/mol. The molecular formula is C37H40F4N8O5. The highest BCUT2D eigenvalue weighted by molar-refractivity contribution is 5.97. The molecule has 4 aromatic rings. The molecule has 2 aliphatic rings. The first-order chi connectivity index (χ1) is 25.8. The van der Waals surface area contributed by atoms with Gasteiger partial charge in [-0.1, -0.05) is 24.3 Å². The van der Waals surface area contributed by atoms with Crippen LogP contribution in [0.4, 0.5) is 29.1 Å². The SMILES string of the molecule is NCC1CCC(C(=O)N[C@@H](Cc2ccc(-c3ccc(N4CCOCC4)nc3)cc2)C(=O)Nc2ccc(-c3n[nH]c(C(F)(F)C(F)(F)C(=O)O)n3)cc2)CC1. The van der Waals surface area contributed by atoms with Gasteiger partial charge in [0, 0.05) is 48.4 Å². The normalized spacial score (nSPS) is 18.5. The number of benzene rings is 2. The van der Waals surface area contributed by atoms with E-state index in [1.807, 2.05) is 42.6 Å². The summed E-state index contributed by atoms with van der Waals surface area (Å²) in [6.45, 7) is 3.45. The third-order valence-corrected chi connectivity index (χ3v) is 9.85. The minimum absolute atomic E-state index is 0.119. The number of carbonyl (C=O) groups excluding carboxylic acids is 2. The smallest absolute Gasteiger partial charge is 0.411 e. The van der Waals surface area contributed by atoms with Gasteiger partial charge in [-0.2, -0.15) is 22.7 Å².